The van der Waals surface area contributed by atoms with Gasteiger partial charge in [0.1, 0.15) is 5.78 Å². The molecule has 0 saturated heterocycles. The number of ketones is 1. The van der Waals surface area contributed by atoms with Crippen LogP contribution < -0.4 is 5.11 Å². The number of carboxylic acids is 1. The van der Waals surface area contributed by atoms with E-state index in [4.69, 9.17) is 0 Å². The van der Waals surface area contributed by atoms with Gasteiger partial charge >= 0.3 is 22.4 Å². The quantitative estimate of drug-likeness (QED) is 0.536. The summed E-state index contributed by atoms with van der Waals surface area (Å²) in [5, 5.41) is 9.64. The minimum Gasteiger partial charge on any atom is -0.550 e. The van der Waals surface area contributed by atoms with Crippen LogP contribution in [0.25, 0.3) is 0 Å². The summed E-state index contributed by atoms with van der Waals surface area (Å²) in [6.07, 6.45) is -0.0718. The molecule has 0 aliphatic heterocycles. The van der Waals surface area contributed by atoms with Crippen molar-refractivity contribution in [2.45, 2.75) is 19.8 Å². The number of carbonyl (C=O) groups is 2. The molecule has 0 N–H and O–H groups in total. The molecular weight excluding hydrogens is 329 g/mol. The van der Waals surface area contributed by atoms with Crippen molar-refractivity contribution in [1.82, 2.24) is 0 Å². The molecule has 0 aliphatic rings. The van der Waals surface area contributed by atoms with E-state index in [-0.39, 0.29) is 55.9 Å². The Hall–Kier alpha value is -0.120. The molecule has 0 fully saturated rings. The van der Waals surface area contributed by atoms with E-state index in [0.717, 1.165) is 0 Å². The molecule has 3 nitrogen and oxygen atoms in total. The largest absolute Gasteiger partial charge is 3.00 e. The molecular formula is C7H13AuO3. The van der Waals surface area contributed by atoms with Gasteiger partial charge in [-0.05, 0) is 13.3 Å². The molecule has 0 heterocycles. The summed E-state index contributed by atoms with van der Waals surface area (Å²) < 4.78 is 0. The minimum absolute atomic E-state index is 0. The monoisotopic (exact) mass is 342 g/mol. The summed E-state index contributed by atoms with van der Waals surface area (Å²) in [7, 11) is 0. The number of rotatable bonds is 3. The van der Waals surface area contributed by atoms with Gasteiger partial charge in [-0.25, -0.2) is 0 Å². The molecule has 0 atom stereocenters. The third-order valence-corrected chi connectivity index (χ3v) is 0.681. The molecule has 0 saturated carbocycles. The van der Waals surface area contributed by atoms with Gasteiger partial charge < -0.3 is 29.5 Å². The molecule has 4 heteroatoms. The Morgan fingerprint density at radius 3 is 1.64 bits per heavy atom. The summed E-state index contributed by atoms with van der Waals surface area (Å²) in [5.41, 5.74) is 0. The second kappa shape index (κ2) is 12.5. The summed E-state index contributed by atoms with van der Waals surface area (Å²) in [4.78, 5) is 19.7. The molecule has 0 aromatic carbocycles. The summed E-state index contributed by atoms with van der Waals surface area (Å²) in [6, 6.07) is 0. The van der Waals surface area contributed by atoms with Crippen LogP contribution in [-0.4, -0.2) is 11.8 Å². The molecule has 0 spiro atoms. The second-order valence-corrected chi connectivity index (χ2v) is 1.57. The van der Waals surface area contributed by atoms with Crippen LogP contribution in [0, 0.1) is 14.9 Å². The van der Waals surface area contributed by atoms with Crippen molar-refractivity contribution in [2.24, 2.45) is 0 Å². The molecule has 0 aliphatic carbocycles. The van der Waals surface area contributed by atoms with Crippen molar-refractivity contribution in [3.8, 4) is 0 Å². The van der Waals surface area contributed by atoms with Crippen LogP contribution in [0.1, 0.15) is 19.8 Å². The summed E-state index contributed by atoms with van der Waals surface area (Å²) in [5.74, 6) is -1.28. The second-order valence-electron chi connectivity index (χ2n) is 1.57. The molecule has 0 radical (unpaired) electrons. The first-order chi connectivity index (χ1) is 3.63. The zero-order chi connectivity index (χ0) is 6.57. The number of Topliss-reactive ketones (excluding diaryl/α,β-unsaturated/α-hetero) is 1. The Balaban J connectivity index is -0.0000000817. The van der Waals surface area contributed by atoms with E-state index in [1.807, 2.05) is 0 Å². The maximum absolute atomic E-state index is 10.1. The van der Waals surface area contributed by atoms with Crippen molar-refractivity contribution in [3.05, 3.63) is 14.9 Å². The fourth-order valence-electron chi connectivity index (χ4n) is 0.278. The molecule has 0 amide bonds. The van der Waals surface area contributed by atoms with Crippen molar-refractivity contribution in [2.75, 3.05) is 0 Å². The molecule has 0 rings (SSSR count). The van der Waals surface area contributed by atoms with Crippen molar-refractivity contribution in [1.29, 1.82) is 0 Å². The minimum atomic E-state index is -1.17. The van der Waals surface area contributed by atoms with Crippen molar-refractivity contribution < 1.29 is 37.1 Å². The smallest absolute Gasteiger partial charge is 0.550 e. The van der Waals surface area contributed by atoms with E-state index in [0.29, 0.717) is 0 Å². The Morgan fingerprint density at radius 1 is 1.18 bits per heavy atom. The zero-order valence-electron chi connectivity index (χ0n) is 6.94. The topological polar surface area (TPSA) is 57.2 Å². The molecule has 0 unspecified atom stereocenters. The number of carbonyl (C=O) groups excluding carboxylic acids is 2. The molecule has 0 bridgehead atoms. The SMILES string of the molecule is CC(=O)CCC(=O)[O-].[Au+3].[CH3-].[CH3-]. The predicted molar refractivity (Wildman–Crippen MR) is 37.8 cm³/mol. The van der Waals surface area contributed by atoms with E-state index in [9.17, 15) is 14.7 Å². The van der Waals surface area contributed by atoms with Crippen molar-refractivity contribution in [3.63, 3.8) is 0 Å². The van der Waals surface area contributed by atoms with E-state index in [1.54, 1.807) is 0 Å². The number of hydrogen-bond donors (Lipinski definition) is 0. The van der Waals surface area contributed by atoms with Gasteiger partial charge in [-0.15, -0.1) is 0 Å². The van der Waals surface area contributed by atoms with Crippen LogP contribution in [0.4, 0.5) is 0 Å². The van der Waals surface area contributed by atoms with Crippen LogP contribution in [0.3, 0.4) is 0 Å². The average Bonchev–Trinajstić information content (AvgIpc) is 1.61. The van der Waals surface area contributed by atoms with Gasteiger partial charge in [-0.3, -0.25) is 0 Å². The van der Waals surface area contributed by atoms with E-state index in [1.165, 1.54) is 6.92 Å². The molecule has 70 valence electrons. The third kappa shape index (κ3) is 25.8. The van der Waals surface area contributed by atoms with Gasteiger partial charge in [0.15, 0.2) is 0 Å². The predicted octanol–water partition coefficient (Wildman–Crippen LogP) is 0.00358. The Bertz CT molecular complexity index is 98.3. The Labute approximate surface area is 83.7 Å². The van der Waals surface area contributed by atoms with Gasteiger partial charge in [0, 0.05) is 12.4 Å². The standard InChI is InChI=1S/C5H8O3.2CH3.Au/c1-4(6)2-3-5(7)8;;;/h2-3H2,1H3,(H,7,8);2*1H3;/q;2*-1;+3/p-1. The van der Waals surface area contributed by atoms with Crippen LogP contribution in [0.15, 0.2) is 0 Å². The molecule has 11 heavy (non-hydrogen) atoms. The van der Waals surface area contributed by atoms with Crippen molar-refractivity contribution >= 4 is 11.8 Å². The van der Waals surface area contributed by atoms with Gasteiger partial charge in [-0.2, -0.15) is 0 Å². The first-order valence-electron chi connectivity index (χ1n) is 2.32. The van der Waals surface area contributed by atoms with Crippen LogP contribution in [-0.2, 0) is 32.0 Å². The van der Waals surface area contributed by atoms with Crippen LogP contribution in [0.5, 0.6) is 0 Å². The molecule has 0 aromatic rings. The third-order valence-electron chi connectivity index (χ3n) is 0.681. The van der Waals surface area contributed by atoms with Gasteiger partial charge in [0.25, 0.3) is 0 Å². The fraction of sp³-hybridized carbons (Fsp3) is 0.429. The van der Waals surface area contributed by atoms with E-state index in [2.05, 4.69) is 0 Å². The van der Waals surface area contributed by atoms with Crippen LogP contribution in [0.2, 0.25) is 0 Å². The maximum atomic E-state index is 10.1. The Kier molecular flexibility index (Phi) is 25.6. The fourth-order valence-corrected chi connectivity index (χ4v) is 0.278. The maximum Gasteiger partial charge on any atom is 3.00 e. The number of hydrogen-bond acceptors (Lipinski definition) is 3. The van der Waals surface area contributed by atoms with Gasteiger partial charge in [0.2, 0.25) is 0 Å². The molecule has 0 aromatic heterocycles. The van der Waals surface area contributed by atoms with Crippen LogP contribution >= 0.6 is 0 Å². The van der Waals surface area contributed by atoms with E-state index < -0.39 is 5.97 Å². The van der Waals surface area contributed by atoms with Gasteiger partial charge in [0.05, 0.1) is 0 Å². The summed E-state index contributed by atoms with van der Waals surface area (Å²) in [6.45, 7) is 1.35. The number of aliphatic carboxylic acids is 1. The van der Waals surface area contributed by atoms with E-state index >= 15 is 0 Å². The van der Waals surface area contributed by atoms with Gasteiger partial charge in [-0.1, -0.05) is 0 Å². The summed E-state index contributed by atoms with van der Waals surface area (Å²) >= 11 is 0. The normalized spacial score (nSPS) is 6.27. The first-order valence-corrected chi connectivity index (χ1v) is 2.32. The zero-order valence-corrected chi connectivity index (χ0v) is 9.11. The average molecular weight is 342 g/mol. The number of carboxylic acid groups (broad SMARTS) is 1. The first kappa shape index (κ1) is 22.4. The Morgan fingerprint density at radius 2 is 1.55 bits per heavy atom.